The second kappa shape index (κ2) is 5.64. The van der Waals surface area contributed by atoms with Gasteiger partial charge in [-0.2, -0.15) is 0 Å². The van der Waals surface area contributed by atoms with Crippen molar-refractivity contribution in [2.75, 3.05) is 0 Å². The fourth-order valence-corrected chi connectivity index (χ4v) is 2.09. The average molecular weight is 295 g/mol. The van der Waals surface area contributed by atoms with Gasteiger partial charge in [0.1, 0.15) is 11.5 Å². The Morgan fingerprint density at radius 1 is 1.00 bits per heavy atom. The molecule has 0 saturated heterocycles. The number of hydrogen-bond donors (Lipinski definition) is 0. The van der Waals surface area contributed by atoms with E-state index in [1.165, 1.54) is 6.92 Å². The molecule has 0 radical (unpaired) electrons. The molecule has 0 atom stereocenters. The van der Waals surface area contributed by atoms with E-state index in [4.69, 9.17) is 27.9 Å². The summed E-state index contributed by atoms with van der Waals surface area (Å²) in [5.74, 6) is 1.12. The van der Waals surface area contributed by atoms with Crippen molar-refractivity contribution in [2.45, 2.75) is 13.8 Å². The van der Waals surface area contributed by atoms with Crippen LogP contribution in [0.2, 0.25) is 10.0 Å². The van der Waals surface area contributed by atoms with Crippen LogP contribution < -0.4 is 4.74 Å². The largest absolute Gasteiger partial charge is 0.457 e. The van der Waals surface area contributed by atoms with Crippen LogP contribution in [0.4, 0.5) is 0 Å². The lowest BCUT2D eigenvalue weighted by Crippen LogP contribution is -1.94. The molecule has 2 aromatic carbocycles. The van der Waals surface area contributed by atoms with Crippen molar-refractivity contribution in [1.82, 2.24) is 0 Å². The molecule has 0 unspecified atom stereocenters. The summed E-state index contributed by atoms with van der Waals surface area (Å²) in [5.41, 5.74) is 1.47. The molecule has 0 aliphatic rings. The van der Waals surface area contributed by atoms with Crippen molar-refractivity contribution in [2.24, 2.45) is 0 Å². The summed E-state index contributed by atoms with van der Waals surface area (Å²) < 4.78 is 5.65. The number of carbonyl (C=O) groups is 1. The zero-order valence-corrected chi connectivity index (χ0v) is 12.0. The van der Waals surface area contributed by atoms with E-state index in [1.54, 1.807) is 24.3 Å². The number of rotatable bonds is 3. The summed E-state index contributed by atoms with van der Waals surface area (Å²) in [4.78, 5) is 11.3. The van der Waals surface area contributed by atoms with Crippen molar-refractivity contribution in [3.8, 4) is 11.5 Å². The molecular weight excluding hydrogens is 283 g/mol. The molecule has 0 N–H and O–H groups in total. The minimum absolute atomic E-state index is 0.0741. The summed E-state index contributed by atoms with van der Waals surface area (Å²) in [5, 5.41) is 1.02. The Morgan fingerprint density at radius 3 is 2.11 bits per heavy atom. The van der Waals surface area contributed by atoms with E-state index in [2.05, 4.69) is 0 Å². The molecule has 19 heavy (non-hydrogen) atoms. The number of Topliss-reactive ketones (excluding diaryl/α,β-unsaturated/α-hetero) is 1. The summed E-state index contributed by atoms with van der Waals surface area (Å²) in [6.45, 7) is 3.39. The molecule has 0 bridgehead atoms. The summed E-state index contributed by atoms with van der Waals surface area (Å²) in [6, 6.07) is 10.4. The van der Waals surface area contributed by atoms with Gasteiger partial charge in [-0.05, 0) is 43.7 Å². The Hall–Kier alpha value is -1.51. The average Bonchev–Trinajstić information content (AvgIpc) is 2.33. The van der Waals surface area contributed by atoms with E-state index in [0.717, 1.165) is 5.56 Å². The van der Waals surface area contributed by atoms with Crippen molar-refractivity contribution in [3.63, 3.8) is 0 Å². The van der Waals surface area contributed by atoms with Gasteiger partial charge >= 0.3 is 0 Å². The lowest BCUT2D eigenvalue weighted by Gasteiger charge is -2.08. The zero-order valence-electron chi connectivity index (χ0n) is 10.5. The molecule has 0 amide bonds. The predicted octanol–water partition coefficient (Wildman–Crippen LogP) is 5.30. The maximum absolute atomic E-state index is 11.3. The fourth-order valence-electron chi connectivity index (χ4n) is 1.62. The predicted molar refractivity (Wildman–Crippen MR) is 77.7 cm³/mol. The fraction of sp³-hybridized carbons (Fsp3) is 0.133. The van der Waals surface area contributed by atoms with Gasteiger partial charge in [-0.3, -0.25) is 4.79 Å². The molecule has 2 aromatic rings. The van der Waals surface area contributed by atoms with Crippen LogP contribution in [0.25, 0.3) is 0 Å². The highest BCUT2D eigenvalue weighted by Crippen LogP contribution is 2.29. The Labute approximate surface area is 121 Å². The number of hydrogen-bond acceptors (Lipinski definition) is 2. The standard InChI is InChI=1S/C15H12Cl2O2/c1-9-3-4-11(7-14(9)16)19-12-5-6-13(10(2)18)15(17)8-12/h3-8H,1-2H3. The third-order valence-electron chi connectivity index (χ3n) is 2.70. The van der Waals surface area contributed by atoms with Crippen LogP contribution in [0.1, 0.15) is 22.8 Å². The van der Waals surface area contributed by atoms with E-state index < -0.39 is 0 Å². The van der Waals surface area contributed by atoms with Crippen molar-refractivity contribution in [1.29, 1.82) is 0 Å². The maximum Gasteiger partial charge on any atom is 0.161 e. The van der Waals surface area contributed by atoms with Crippen molar-refractivity contribution < 1.29 is 9.53 Å². The normalized spacial score (nSPS) is 10.3. The number of aryl methyl sites for hydroxylation is 1. The van der Waals surface area contributed by atoms with Gasteiger partial charge in [-0.25, -0.2) is 0 Å². The van der Waals surface area contributed by atoms with Crippen LogP contribution >= 0.6 is 23.2 Å². The van der Waals surface area contributed by atoms with Gasteiger partial charge in [0.2, 0.25) is 0 Å². The van der Waals surface area contributed by atoms with Gasteiger partial charge in [0.05, 0.1) is 5.02 Å². The minimum atomic E-state index is -0.0741. The van der Waals surface area contributed by atoms with Crippen molar-refractivity contribution >= 4 is 29.0 Å². The highest BCUT2D eigenvalue weighted by Gasteiger charge is 2.07. The molecule has 0 fully saturated rings. The summed E-state index contributed by atoms with van der Waals surface area (Å²) >= 11 is 12.0. The molecular formula is C15H12Cl2O2. The van der Waals surface area contributed by atoms with Crippen LogP contribution in [0.3, 0.4) is 0 Å². The molecule has 0 saturated carbocycles. The lowest BCUT2D eigenvalue weighted by atomic mass is 10.1. The van der Waals surface area contributed by atoms with Gasteiger partial charge in [-0.15, -0.1) is 0 Å². The van der Waals surface area contributed by atoms with E-state index in [9.17, 15) is 4.79 Å². The first-order valence-corrected chi connectivity index (χ1v) is 6.47. The first-order chi connectivity index (χ1) is 8.97. The topological polar surface area (TPSA) is 26.3 Å². The second-order valence-electron chi connectivity index (χ2n) is 4.21. The molecule has 0 aromatic heterocycles. The molecule has 98 valence electrons. The molecule has 0 aliphatic carbocycles. The van der Waals surface area contributed by atoms with E-state index in [1.807, 2.05) is 19.1 Å². The summed E-state index contributed by atoms with van der Waals surface area (Å²) in [6.07, 6.45) is 0. The van der Waals surface area contributed by atoms with Gasteiger partial charge < -0.3 is 4.74 Å². The molecule has 0 spiro atoms. The highest BCUT2D eigenvalue weighted by molar-refractivity contribution is 6.34. The Balaban J connectivity index is 2.26. The quantitative estimate of drug-likeness (QED) is 0.718. The van der Waals surface area contributed by atoms with Gasteiger partial charge in [0.15, 0.2) is 5.78 Å². The highest BCUT2D eigenvalue weighted by atomic mass is 35.5. The molecule has 0 heterocycles. The first kappa shape index (κ1) is 13.9. The molecule has 0 aliphatic heterocycles. The molecule has 2 nitrogen and oxygen atoms in total. The third kappa shape index (κ3) is 3.28. The Morgan fingerprint density at radius 2 is 1.58 bits per heavy atom. The number of halogens is 2. The minimum Gasteiger partial charge on any atom is -0.457 e. The van der Waals surface area contributed by atoms with Gasteiger partial charge in [-0.1, -0.05) is 29.3 Å². The zero-order chi connectivity index (χ0) is 14.0. The lowest BCUT2D eigenvalue weighted by molar-refractivity contribution is 0.101. The van der Waals surface area contributed by atoms with Crippen LogP contribution in [0.5, 0.6) is 11.5 Å². The van der Waals surface area contributed by atoms with Gasteiger partial charge in [0.25, 0.3) is 0 Å². The maximum atomic E-state index is 11.3. The number of ether oxygens (including phenoxy) is 1. The number of ketones is 1. The van der Waals surface area contributed by atoms with E-state index in [0.29, 0.717) is 27.1 Å². The SMILES string of the molecule is CC(=O)c1ccc(Oc2ccc(C)c(Cl)c2)cc1Cl. The molecule has 4 heteroatoms. The van der Waals surface area contributed by atoms with Crippen molar-refractivity contribution in [3.05, 3.63) is 57.6 Å². The smallest absolute Gasteiger partial charge is 0.161 e. The van der Waals surface area contributed by atoms with Crippen LogP contribution in [-0.4, -0.2) is 5.78 Å². The van der Waals surface area contributed by atoms with E-state index in [-0.39, 0.29) is 5.78 Å². The van der Waals surface area contributed by atoms with Crippen LogP contribution in [0.15, 0.2) is 36.4 Å². The van der Waals surface area contributed by atoms with Crippen LogP contribution in [-0.2, 0) is 0 Å². The Bertz CT molecular complexity index is 636. The third-order valence-corrected chi connectivity index (χ3v) is 3.42. The number of carbonyl (C=O) groups excluding carboxylic acids is 1. The van der Waals surface area contributed by atoms with E-state index >= 15 is 0 Å². The second-order valence-corrected chi connectivity index (χ2v) is 5.03. The monoisotopic (exact) mass is 294 g/mol. The van der Waals surface area contributed by atoms with Crippen LogP contribution in [0, 0.1) is 6.92 Å². The number of benzene rings is 2. The summed E-state index contributed by atoms with van der Waals surface area (Å²) in [7, 11) is 0. The first-order valence-electron chi connectivity index (χ1n) is 5.72. The van der Waals surface area contributed by atoms with Gasteiger partial charge in [0, 0.05) is 16.7 Å². The molecule has 2 rings (SSSR count). The Kier molecular flexibility index (Phi) is 4.13.